The van der Waals surface area contributed by atoms with Gasteiger partial charge in [-0.15, -0.1) is 0 Å². The molecule has 2 aromatic heterocycles. The molecule has 1 aromatic carbocycles. The number of pyridine rings is 1. The molecule has 7 nitrogen and oxygen atoms in total. The third-order valence-corrected chi connectivity index (χ3v) is 5.98. The van der Waals surface area contributed by atoms with Crippen LogP contribution in [0.4, 0.5) is 0 Å². The molecule has 1 aliphatic rings. The molecule has 1 atom stereocenters. The second-order valence-corrected chi connectivity index (χ2v) is 8.91. The molecular formula is C21H24N3NaO4S. The molecule has 1 aliphatic heterocycles. The minimum atomic E-state index is -1.38. The first kappa shape index (κ1) is 23.4. The summed E-state index contributed by atoms with van der Waals surface area (Å²) in [4.78, 5) is 13.1. The Bertz CT molecular complexity index is 997. The van der Waals surface area contributed by atoms with E-state index in [1.54, 1.807) is 6.20 Å². The number of nitrogens with zero attached hydrogens (tertiary/aromatic N) is 3. The van der Waals surface area contributed by atoms with E-state index in [0.29, 0.717) is 30.7 Å². The molecule has 1 fully saturated rings. The van der Waals surface area contributed by atoms with Crippen molar-refractivity contribution in [3.63, 3.8) is 0 Å². The molecule has 1 unspecified atom stereocenters. The molecule has 4 rings (SSSR count). The quantitative estimate of drug-likeness (QED) is 0.502. The van der Waals surface area contributed by atoms with E-state index in [9.17, 15) is 4.21 Å². The maximum absolute atomic E-state index is 12.8. The smallest absolute Gasteiger partial charge is 0.493 e. The molecular weight excluding hydrogens is 413 g/mol. The van der Waals surface area contributed by atoms with Gasteiger partial charge in [0.1, 0.15) is 5.75 Å². The van der Waals surface area contributed by atoms with Crippen LogP contribution in [0.1, 0.15) is 25.1 Å². The van der Waals surface area contributed by atoms with Crippen LogP contribution in [-0.4, -0.2) is 39.8 Å². The van der Waals surface area contributed by atoms with Crippen LogP contribution in [0.2, 0.25) is 0 Å². The van der Waals surface area contributed by atoms with Crippen molar-refractivity contribution in [1.29, 1.82) is 0 Å². The summed E-state index contributed by atoms with van der Waals surface area (Å²) in [5.41, 5.74) is 3.08. The zero-order valence-corrected chi connectivity index (χ0v) is 20.6. The van der Waals surface area contributed by atoms with Crippen molar-refractivity contribution in [2.24, 2.45) is 5.92 Å². The van der Waals surface area contributed by atoms with E-state index in [2.05, 4.69) is 15.0 Å². The zero-order chi connectivity index (χ0) is 20.4. The van der Waals surface area contributed by atoms with Crippen LogP contribution >= 0.6 is 0 Å². The monoisotopic (exact) mass is 437 g/mol. The number of imidazole rings is 1. The van der Waals surface area contributed by atoms with Gasteiger partial charge in [0, 0.05) is 22.8 Å². The summed E-state index contributed by atoms with van der Waals surface area (Å²) < 4.78 is 30.1. The molecule has 0 bridgehead atoms. The maximum Gasteiger partial charge on any atom is 1.00 e. The van der Waals surface area contributed by atoms with Crippen molar-refractivity contribution in [3.05, 3.63) is 47.8 Å². The van der Waals surface area contributed by atoms with Crippen LogP contribution in [0.5, 0.6) is 5.75 Å². The number of benzene rings is 1. The molecule has 0 amide bonds. The van der Waals surface area contributed by atoms with Crippen LogP contribution in [0.15, 0.2) is 41.7 Å². The Morgan fingerprint density at radius 2 is 1.97 bits per heavy atom. The van der Waals surface area contributed by atoms with E-state index in [0.717, 1.165) is 22.3 Å². The fourth-order valence-corrected chi connectivity index (χ4v) is 4.14. The van der Waals surface area contributed by atoms with Gasteiger partial charge in [-0.3, -0.25) is 9.19 Å². The molecule has 30 heavy (non-hydrogen) atoms. The van der Waals surface area contributed by atoms with Gasteiger partial charge in [0.25, 0.3) is 0 Å². The molecule has 3 heterocycles. The SMILES string of the molecule is Cc1c(OCC2COC(C)(C)OC2)ccnc1CS(=O)c1nc2ccccc2[n-]1.[Na+]. The molecule has 0 saturated carbocycles. The van der Waals surface area contributed by atoms with Gasteiger partial charge in [-0.05, 0) is 37.9 Å². The molecule has 154 valence electrons. The minimum absolute atomic E-state index is 0. The number of ether oxygens (including phenoxy) is 3. The summed E-state index contributed by atoms with van der Waals surface area (Å²) in [7, 11) is -1.38. The molecule has 0 radical (unpaired) electrons. The van der Waals surface area contributed by atoms with Crippen LogP contribution in [0.3, 0.4) is 0 Å². The predicted molar refractivity (Wildman–Crippen MR) is 109 cm³/mol. The van der Waals surface area contributed by atoms with Gasteiger partial charge in [0.15, 0.2) is 5.79 Å². The minimum Gasteiger partial charge on any atom is -0.493 e. The van der Waals surface area contributed by atoms with Gasteiger partial charge in [-0.25, -0.2) is 0 Å². The molecule has 3 aromatic rings. The number of hydrogen-bond acceptors (Lipinski definition) is 6. The average molecular weight is 437 g/mol. The predicted octanol–water partition coefficient (Wildman–Crippen LogP) is -0.0149. The first-order chi connectivity index (χ1) is 13.9. The second kappa shape index (κ2) is 9.89. The summed E-state index contributed by atoms with van der Waals surface area (Å²) in [5, 5.41) is 0.331. The summed E-state index contributed by atoms with van der Waals surface area (Å²) in [6.07, 6.45) is 1.67. The Balaban J connectivity index is 0.00000256. The van der Waals surface area contributed by atoms with E-state index < -0.39 is 16.6 Å². The van der Waals surface area contributed by atoms with E-state index >= 15 is 0 Å². The summed E-state index contributed by atoms with van der Waals surface area (Å²) in [6.45, 7) is 7.41. The van der Waals surface area contributed by atoms with Crippen molar-refractivity contribution in [2.75, 3.05) is 19.8 Å². The van der Waals surface area contributed by atoms with Crippen molar-refractivity contribution in [1.82, 2.24) is 15.0 Å². The van der Waals surface area contributed by atoms with Crippen molar-refractivity contribution in [2.45, 2.75) is 37.5 Å². The van der Waals surface area contributed by atoms with E-state index in [4.69, 9.17) is 14.2 Å². The fourth-order valence-electron chi connectivity index (χ4n) is 3.07. The first-order valence-electron chi connectivity index (χ1n) is 9.54. The standard InChI is InChI=1S/C21H24N3O4S.Na/c1-14-18(13-29(25)20-23-16-6-4-5-7-17(16)24-20)22-9-8-19(14)26-10-15-11-27-21(2,3)28-12-15;/h4-9,15H,10-13H2,1-3H3;/q-1;+1. The zero-order valence-electron chi connectivity index (χ0n) is 17.8. The Kier molecular flexibility index (Phi) is 7.71. The summed E-state index contributed by atoms with van der Waals surface area (Å²) >= 11 is 0. The fraction of sp³-hybridized carbons (Fsp3) is 0.429. The van der Waals surface area contributed by atoms with Gasteiger partial charge in [0.05, 0.1) is 42.1 Å². The van der Waals surface area contributed by atoms with Crippen LogP contribution in [-0.2, 0) is 26.0 Å². The maximum atomic E-state index is 12.8. The van der Waals surface area contributed by atoms with Gasteiger partial charge in [0.2, 0.25) is 0 Å². The third kappa shape index (κ3) is 5.49. The second-order valence-electron chi connectivity index (χ2n) is 7.56. The van der Waals surface area contributed by atoms with Crippen molar-refractivity contribution >= 4 is 21.8 Å². The molecule has 0 N–H and O–H groups in total. The topological polar surface area (TPSA) is 84.6 Å². The van der Waals surface area contributed by atoms with E-state index in [1.165, 1.54) is 0 Å². The molecule has 9 heteroatoms. The largest absolute Gasteiger partial charge is 1.00 e. The van der Waals surface area contributed by atoms with Crippen LogP contribution in [0.25, 0.3) is 11.0 Å². The number of hydrogen-bond donors (Lipinski definition) is 0. The van der Waals surface area contributed by atoms with Gasteiger partial charge >= 0.3 is 29.6 Å². The number of fused-ring (bicyclic) bond motifs is 1. The van der Waals surface area contributed by atoms with Crippen molar-refractivity contribution < 1.29 is 48.0 Å². The van der Waals surface area contributed by atoms with Crippen molar-refractivity contribution in [3.8, 4) is 5.75 Å². The normalized spacial score (nSPS) is 17.4. The Labute approximate surface area is 200 Å². The third-order valence-electron chi connectivity index (χ3n) is 4.85. The Morgan fingerprint density at radius 1 is 1.23 bits per heavy atom. The Hall–Kier alpha value is -1.29. The number of rotatable bonds is 6. The molecule has 1 saturated heterocycles. The van der Waals surface area contributed by atoms with E-state index in [1.807, 2.05) is 51.1 Å². The summed E-state index contributed by atoms with van der Waals surface area (Å²) in [6, 6.07) is 9.32. The number of para-hydroxylation sites is 2. The van der Waals surface area contributed by atoms with Gasteiger partial charge in [-0.2, -0.15) is 0 Å². The van der Waals surface area contributed by atoms with Crippen LogP contribution < -0.4 is 39.3 Å². The van der Waals surface area contributed by atoms with Crippen LogP contribution in [0, 0.1) is 12.8 Å². The number of aromatic nitrogens is 3. The average Bonchev–Trinajstić information content (AvgIpc) is 3.14. The molecule has 0 aliphatic carbocycles. The summed E-state index contributed by atoms with van der Waals surface area (Å²) in [5.74, 6) is 0.598. The Morgan fingerprint density at radius 3 is 2.70 bits per heavy atom. The molecule has 0 spiro atoms. The van der Waals surface area contributed by atoms with Gasteiger partial charge in [-0.1, -0.05) is 24.3 Å². The first-order valence-corrected chi connectivity index (χ1v) is 10.9. The van der Waals surface area contributed by atoms with E-state index in [-0.39, 0.29) is 41.2 Å². The van der Waals surface area contributed by atoms with Gasteiger partial charge < -0.3 is 24.2 Å².